The number of H-pyrrole nitrogens is 1. The summed E-state index contributed by atoms with van der Waals surface area (Å²) in [6.45, 7) is 7.20. The molecule has 0 unspecified atom stereocenters. The van der Waals surface area contributed by atoms with Crippen LogP contribution in [0.5, 0.6) is 17.2 Å². The highest BCUT2D eigenvalue weighted by molar-refractivity contribution is 9.10. The van der Waals surface area contributed by atoms with E-state index < -0.39 is 113 Å². The van der Waals surface area contributed by atoms with Gasteiger partial charge in [-0.2, -0.15) is 52.7 Å². The Hall–Kier alpha value is -11.9. The van der Waals surface area contributed by atoms with E-state index in [0.29, 0.717) is 49.4 Å². The van der Waals surface area contributed by atoms with E-state index in [2.05, 4.69) is 66.3 Å². The third-order valence-corrected chi connectivity index (χ3v) is 24.5. The number of carbonyl (C=O) groups excluding carboxylic acids is 3. The van der Waals surface area contributed by atoms with E-state index in [0.717, 1.165) is 69.5 Å². The van der Waals surface area contributed by atoms with Crippen molar-refractivity contribution in [3.63, 3.8) is 0 Å². The highest BCUT2D eigenvalue weighted by atomic mass is 79.9. The zero-order chi connectivity index (χ0) is 95.9. The first-order valence-electron chi connectivity index (χ1n) is 38.8. The van der Waals surface area contributed by atoms with Gasteiger partial charge in [0, 0.05) is 130 Å². The number of halogens is 14. The van der Waals surface area contributed by atoms with Gasteiger partial charge in [0.05, 0.1) is 50.9 Å². The van der Waals surface area contributed by atoms with E-state index in [9.17, 15) is 92.3 Å². The molecule has 0 aliphatic heterocycles. The Morgan fingerprint density at radius 1 is 0.423 bits per heavy atom. The largest absolute Gasteiger partial charge is 0.444 e. The molecule has 0 radical (unpaired) electrons. The van der Waals surface area contributed by atoms with Gasteiger partial charge in [0.1, 0.15) is 34.1 Å². The quantitative estimate of drug-likeness (QED) is 0.0471. The zero-order valence-electron chi connectivity index (χ0n) is 71.4. The molecular formula is C88H86Br2F12N10O15S3. The van der Waals surface area contributed by atoms with Gasteiger partial charge < -0.3 is 53.4 Å². The summed E-state index contributed by atoms with van der Waals surface area (Å²) in [5, 5.41) is 5.44. The normalized spacial score (nSPS) is 12.3. The average molecular weight is 2010 g/mol. The number of benzene rings is 7. The van der Waals surface area contributed by atoms with Crippen LogP contribution in [-0.4, -0.2) is 150 Å². The van der Waals surface area contributed by atoms with Crippen molar-refractivity contribution in [1.29, 1.82) is 0 Å². The van der Waals surface area contributed by atoms with Gasteiger partial charge in [-0.1, -0.05) is 98.6 Å². The van der Waals surface area contributed by atoms with Crippen LogP contribution < -0.4 is 19.5 Å². The Labute approximate surface area is 756 Å². The highest BCUT2D eigenvalue weighted by Crippen LogP contribution is 2.42. The van der Waals surface area contributed by atoms with Crippen molar-refractivity contribution in [1.82, 2.24) is 46.9 Å². The molecule has 0 atom stereocenters. The fourth-order valence-corrected chi connectivity index (χ4v) is 18.0. The van der Waals surface area contributed by atoms with E-state index in [4.69, 9.17) is 14.2 Å². The van der Waals surface area contributed by atoms with Gasteiger partial charge in [-0.05, 0) is 188 Å². The molecule has 130 heavy (non-hydrogen) atoms. The first-order chi connectivity index (χ1) is 60.5. The van der Waals surface area contributed by atoms with Crippen molar-refractivity contribution >= 4 is 124 Å². The molecular weight excluding hydrogens is 1920 g/mol. The van der Waals surface area contributed by atoms with Crippen molar-refractivity contribution in [2.24, 2.45) is 0 Å². The Balaban J connectivity index is 0.000000185. The average Bonchev–Trinajstić information content (AvgIpc) is 1.59. The topological polar surface area (TPSA) is 287 Å². The lowest BCUT2D eigenvalue weighted by atomic mass is 10.0. The minimum absolute atomic E-state index is 0.0164. The standard InChI is InChI=1S/C28H26F5N3O5S.C23H18F5N3O3S.C22H23BrF2N2O5S.C15H19BrN2O2/c1-27(2,3)41-26(37)35(4)15-18-16-36(42(38,39)20-8-5-7-19(14-20)40-25(29)30)23-13-17(10-11-21(18)23)22-9-6-12-34-24(22)28(31,32)33;1-29-12-15-13-31(35(32,33)17-5-2-4-16(11-17)34-22(24)25)20-10-14(7-8-18(15)20)19-6-3-9-30-21(19)23(26,27)28;1-22(2,3)32-21(28)26(4)12-14-13-27(19-10-15(23)8-9-18(14)19)33(29,30)17-7-5-6-16(11-17)31-20(24)25;1-15(2,3)20-14(19)18(4)9-10-8-17-13-7-11(16)5-6-12(10)13/h5-14,16,25H,15H2,1-4H3;2-11,13,22,29H,12H2,1H3;5-11,13,20H,12H2,1-4H3;5-8,17H,9H2,1-4H3. The minimum Gasteiger partial charge on any atom is -0.444 e. The van der Waals surface area contributed by atoms with Crippen molar-refractivity contribution in [2.45, 2.75) is 152 Å². The molecule has 0 aliphatic carbocycles. The van der Waals surface area contributed by atoms with Crippen LogP contribution in [0.3, 0.4) is 0 Å². The van der Waals surface area contributed by atoms with E-state index in [-0.39, 0.29) is 80.3 Å². The number of alkyl halides is 12. The molecule has 0 saturated heterocycles. The van der Waals surface area contributed by atoms with E-state index in [1.807, 2.05) is 45.2 Å². The molecule has 2 N–H and O–H groups in total. The van der Waals surface area contributed by atoms with Crippen molar-refractivity contribution in [3.8, 4) is 39.5 Å². The SMILES string of the molecule is CN(Cc1c[nH]c2cc(Br)ccc12)C(=O)OC(C)(C)C.CN(Cc1cn(S(=O)(=O)c2cccc(OC(F)F)c2)c2cc(-c3cccnc3C(F)(F)F)ccc12)C(=O)OC(C)(C)C.CN(Cc1cn(S(=O)(=O)c2cccc(OC(F)F)c2)c2cc(Br)ccc12)C(=O)OC(C)(C)C.CNCc1cn(S(=O)(=O)c2cccc(OC(F)F)c2)c2cc(-c3cccnc3C(F)(F)F)ccc12. The Morgan fingerprint density at radius 2 is 0.746 bits per heavy atom. The molecule has 0 saturated carbocycles. The maximum atomic E-state index is 13.8. The fraction of sp³-hybridized carbons (Fsp3) is 0.284. The number of pyridine rings is 2. The number of amides is 3. The maximum Gasteiger partial charge on any atom is 0.433 e. The van der Waals surface area contributed by atoms with E-state index >= 15 is 0 Å². The smallest absolute Gasteiger partial charge is 0.433 e. The molecule has 13 aromatic rings. The van der Waals surface area contributed by atoms with Crippen LogP contribution in [0.15, 0.2) is 231 Å². The van der Waals surface area contributed by atoms with Crippen LogP contribution in [0.2, 0.25) is 0 Å². The van der Waals surface area contributed by atoms with Crippen LogP contribution in [0.4, 0.5) is 67.1 Å². The lowest BCUT2D eigenvalue weighted by Crippen LogP contribution is -2.33. The van der Waals surface area contributed by atoms with Gasteiger partial charge in [-0.15, -0.1) is 0 Å². The molecule has 6 aromatic heterocycles. The number of fused-ring (bicyclic) bond motifs is 4. The van der Waals surface area contributed by atoms with Crippen molar-refractivity contribution in [3.05, 3.63) is 250 Å². The minimum atomic E-state index is -4.79. The van der Waals surface area contributed by atoms with Gasteiger partial charge in [-0.25, -0.2) is 51.6 Å². The first kappa shape index (κ1) is 100. The molecule has 0 fully saturated rings. The maximum absolute atomic E-state index is 13.8. The molecule has 7 aromatic carbocycles. The van der Waals surface area contributed by atoms with Crippen LogP contribution in [0.1, 0.15) is 96.0 Å². The molecule has 42 heteroatoms. The molecule has 0 spiro atoms. The molecule has 694 valence electrons. The third kappa shape index (κ3) is 25.2. The second kappa shape index (κ2) is 40.2. The van der Waals surface area contributed by atoms with Gasteiger partial charge in [-0.3, -0.25) is 9.97 Å². The number of hydrogen-bond acceptors (Lipinski definition) is 18. The summed E-state index contributed by atoms with van der Waals surface area (Å²) in [4.78, 5) is 50.3. The second-order valence-electron chi connectivity index (χ2n) is 31.9. The van der Waals surface area contributed by atoms with Crippen LogP contribution in [-0.2, 0) is 82.8 Å². The Morgan fingerprint density at radius 3 is 1.09 bits per heavy atom. The predicted molar refractivity (Wildman–Crippen MR) is 469 cm³/mol. The molecule has 13 rings (SSSR count). The summed E-state index contributed by atoms with van der Waals surface area (Å²) in [6, 6.07) is 38.7. The van der Waals surface area contributed by atoms with Crippen LogP contribution in [0, 0.1) is 0 Å². The lowest BCUT2D eigenvalue weighted by molar-refractivity contribution is -0.141. The Bertz CT molecular complexity index is 6670. The molecule has 3 amide bonds. The number of nitrogens with zero attached hydrogens (tertiary/aromatic N) is 8. The summed E-state index contributed by atoms with van der Waals surface area (Å²) in [7, 11) is -6.62. The summed E-state index contributed by atoms with van der Waals surface area (Å²) < 4.78 is 273. The second-order valence-corrected chi connectivity index (χ2v) is 39.2. The monoisotopic (exact) mass is 2000 g/mol. The summed E-state index contributed by atoms with van der Waals surface area (Å²) in [5.74, 6) is -1.02. The van der Waals surface area contributed by atoms with Gasteiger partial charge >= 0.3 is 50.5 Å². The molecule has 0 aliphatic rings. The number of aromatic amines is 1. The van der Waals surface area contributed by atoms with Gasteiger partial charge in [0.25, 0.3) is 30.1 Å². The van der Waals surface area contributed by atoms with Crippen LogP contribution >= 0.6 is 31.9 Å². The number of aromatic nitrogens is 6. The van der Waals surface area contributed by atoms with E-state index in [1.54, 1.807) is 85.8 Å². The van der Waals surface area contributed by atoms with Crippen molar-refractivity contribution in [2.75, 3.05) is 28.2 Å². The van der Waals surface area contributed by atoms with Gasteiger partial charge in [0.15, 0.2) is 11.4 Å². The highest BCUT2D eigenvalue weighted by Gasteiger charge is 2.38. The summed E-state index contributed by atoms with van der Waals surface area (Å²) in [6.07, 6.45) is -3.14. The molecule has 25 nitrogen and oxygen atoms in total. The van der Waals surface area contributed by atoms with Crippen molar-refractivity contribution < 1.29 is 121 Å². The van der Waals surface area contributed by atoms with E-state index in [1.165, 1.54) is 145 Å². The number of nitrogens with one attached hydrogen (secondary N) is 2. The predicted octanol–water partition coefficient (Wildman–Crippen LogP) is 22.1. The van der Waals surface area contributed by atoms with Crippen LogP contribution in [0.25, 0.3) is 65.9 Å². The summed E-state index contributed by atoms with van der Waals surface area (Å²) in [5.41, 5.74) is -0.543. The van der Waals surface area contributed by atoms with Gasteiger partial charge in [0.2, 0.25) is 0 Å². The number of rotatable bonds is 22. The lowest BCUT2D eigenvalue weighted by Gasteiger charge is -2.24. The zero-order valence-corrected chi connectivity index (χ0v) is 77.0. The fourth-order valence-electron chi connectivity index (χ4n) is 13.1. The third-order valence-electron chi connectivity index (χ3n) is 18.5. The summed E-state index contributed by atoms with van der Waals surface area (Å²) >= 11 is 6.79. The number of ether oxygens (including phenoxy) is 6. The Kier molecular flexibility index (Phi) is 31.0. The molecule has 6 heterocycles. The molecule has 0 bridgehead atoms. The number of hydrogen-bond donors (Lipinski definition) is 2. The number of carbonyl (C=O) groups is 3. The first-order valence-corrected chi connectivity index (χ1v) is 44.7.